The molecule has 30 heavy (non-hydrogen) atoms. The van der Waals surface area contributed by atoms with Gasteiger partial charge in [0.25, 0.3) is 5.91 Å². The van der Waals surface area contributed by atoms with Gasteiger partial charge < -0.3 is 9.88 Å². The molecule has 1 amide bonds. The van der Waals surface area contributed by atoms with Crippen molar-refractivity contribution in [1.29, 1.82) is 5.26 Å². The zero-order valence-corrected chi connectivity index (χ0v) is 18.7. The second-order valence-corrected chi connectivity index (χ2v) is 7.96. The second-order valence-electron chi connectivity index (χ2n) is 7.18. The Labute approximate surface area is 186 Å². The number of aromatic nitrogens is 1. The molecule has 0 saturated carbocycles. The van der Waals surface area contributed by atoms with E-state index < -0.39 is 5.91 Å². The maximum Gasteiger partial charge on any atom is 0.266 e. The fourth-order valence-corrected chi connectivity index (χ4v) is 3.80. The number of amides is 1. The minimum absolute atomic E-state index is 0.0214. The topological polar surface area (TPSA) is 57.8 Å². The Bertz CT molecular complexity index is 1220. The average molecular weight is 438 g/mol. The summed E-state index contributed by atoms with van der Waals surface area (Å²) in [6, 6.07) is 15.2. The van der Waals surface area contributed by atoms with E-state index in [1.54, 1.807) is 24.3 Å². The lowest BCUT2D eigenvalue weighted by Crippen LogP contribution is -2.13. The molecule has 0 unspecified atom stereocenters. The van der Waals surface area contributed by atoms with Gasteiger partial charge in [-0.15, -0.1) is 0 Å². The Kier molecular flexibility index (Phi) is 6.36. The number of nitrogens with one attached hydrogen (secondary N) is 1. The quantitative estimate of drug-likeness (QED) is 0.370. The van der Waals surface area contributed by atoms with Crippen LogP contribution in [-0.4, -0.2) is 10.5 Å². The fraction of sp³-hybridized carbons (Fsp3) is 0.167. The fourth-order valence-electron chi connectivity index (χ4n) is 3.45. The summed E-state index contributed by atoms with van der Waals surface area (Å²) in [7, 11) is 0. The average Bonchev–Trinajstić information content (AvgIpc) is 2.97. The van der Waals surface area contributed by atoms with Gasteiger partial charge in [0.1, 0.15) is 11.6 Å². The highest BCUT2D eigenvalue weighted by Gasteiger charge is 2.16. The summed E-state index contributed by atoms with van der Waals surface area (Å²) in [4.78, 5) is 12.7. The van der Waals surface area contributed by atoms with E-state index in [0.717, 1.165) is 28.2 Å². The molecule has 0 aliphatic rings. The number of benzene rings is 2. The Morgan fingerprint density at radius 2 is 1.83 bits per heavy atom. The number of nitrogens with zero attached hydrogens (tertiary/aromatic N) is 2. The third-order valence-corrected chi connectivity index (χ3v) is 5.75. The van der Waals surface area contributed by atoms with E-state index in [0.29, 0.717) is 10.7 Å². The molecule has 0 fully saturated rings. The molecule has 1 aromatic heterocycles. The van der Waals surface area contributed by atoms with Gasteiger partial charge >= 0.3 is 0 Å². The molecule has 3 rings (SSSR count). The van der Waals surface area contributed by atoms with Crippen molar-refractivity contribution >= 4 is 40.9 Å². The molecular weight excluding hydrogens is 417 g/mol. The van der Waals surface area contributed by atoms with Gasteiger partial charge in [-0.2, -0.15) is 5.26 Å². The molecule has 0 spiro atoms. The molecular formula is C24H21Cl2N3O. The first-order chi connectivity index (χ1) is 14.2. The van der Waals surface area contributed by atoms with E-state index in [-0.39, 0.29) is 10.6 Å². The number of nitriles is 1. The monoisotopic (exact) mass is 437 g/mol. The first kappa shape index (κ1) is 21.7. The van der Waals surface area contributed by atoms with Gasteiger partial charge in [-0.25, -0.2) is 0 Å². The molecule has 1 N–H and O–H groups in total. The SMILES string of the molecule is Cc1ccc(-n2c(C)cc(/C=C(/C#N)C(=O)Nc3cccc(Cl)c3Cl)c2C)c(C)c1. The molecule has 3 aromatic rings. The predicted octanol–water partition coefficient (Wildman–Crippen LogP) is 6.56. The van der Waals surface area contributed by atoms with E-state index in [9.17, 15) is 10.1 Å². The van der Waals surface area contributed by atoms with Crippen molar-refractivity contribution in [3.63, 3.8) is 0 Å². The lowest BCUT2D eigenvalue weighted by molar-refractivity contribution is -0.112. The highest BCUT2D eigenvalue weighted by molar-refractivity contribution is 6.44. The predicted molar refractivity (Wildman–Crippen MR) is 123 cm³/mol. The summed E-state index contributed by atoms with van der Waals surface area (Å²) in [6.45, 7) is 8.10. The molecule has 152 valence electrons. The highest BCUT2D eigenvalue weighted by Crippen LogP contribution is 2.30. The minimum Gasteiger partial charge on any atom is -0.320 e. The van der Waals surface area contributed by atoms with Gasteiger partial charge in [-0.3, -0.25) is 4.79 Å². The van der Waals surface area contributed by atoms with Crippen LogP contribution in [0.15, 0.2) is 48.0 Å². The number of aryl methyl sites for hydroxylation is 3. The van der Waals surface area contributed by atoms with Crippen LogP contribution in [0.4, 0.5) is 5.69 Å². The van der Waals surface area contributed by atoms with Gasteiger partial charge in [0.05, 0.1) is 15.7 Å². The van der Waals surface area contributed by atoms with Crippen LogP contribution in [-0.2, 0) is 4.79 Å². The Morgan fingerprint density at radius 3 is 2.50 bits per heavy atom. The van der Waals surface area contributed by atoms with Gasteiger partial charge in [0.15, 0.2) is 0 Å². The van der Waals surface area contributed by atoms with Crippen LogP contribution < -0.4 is 5.32 Å². The van der Waals surface area contributed by atoms with E-state index in [1.807, 2.05) is 26.0 Å². The van der Waals surface area contributed by atoms with Crippen LogP contribution in [0.3, 0.4) is 0 Å². The van der Waals surface area contributed by atoms with Crippen LogP contribution in [0, 0.1) is 39.0 Å². The largest absolute Gasteiger partial charge is 0.320 e. The summed E-state index contributed by atoms with van der Waals surface area (Å²) in [5, 5.41) is 12.8. The summed E-state index contributed by atoms with van der Waals surface area (Å²) in [5.74, 6) is -0.544. The van der Waals surface area contributed by atoms with Crippen LogP contribution in [0.1, 0.15) is 28.1 Å². The summed E-state index contributed by atoms with van der Waals surface area (Å²) in [5.41, 5.74) is 6.52. The maximum atomic E-state index is 12.7. The second kappa shape index (κ2) is 8.79. The van der Waals surface area contributed by atoms with Crippen LogP contribution in [0.5, 0.6) is 0 Å². The number of anilines is 1. The molecule has 0 aliphatic heterocycles. The first-order valence-electron chi connectivity index (χ1n) is 9.36. The summed E-state index contributed by atoms with van der Waals surface area (Å²) < 4.78 is 2.13. The molecule has 0 atom stereocenters. The number of halogens is 2. The van der Waals surface area contributed by atoms with E-state index in [4.69, 9.17) is 23.2 Å². The lowest BCUT2D eigenvalue weighted by Gasteiger charge is -2.13. The summed E-state index contributed by atoms with van der Waals surface area (Å²) >= 11 is 12.1. The summed E-state index contributed by atoms with van der Waals surface area (Å²) in [6.07, 6.45) is 1.59. The van der Waals surface area contributed by atoms with E-state index in [1.165, 1.54) is 5.56 Å². The first-order valence-corrected chi connectivity index (χ1v) is 10.1. The van der Waals surface area contributed by atoms with Crippen molar-refractivity contribution in [1.82, 2.24) is 4.57 Å². The van der Waals surface area contributed by atoms with E-state index >= 15 is 0 Å². The molecule has 6 heteroatoms. The van der Waals surface area contributed by atoms with Gasteiger partial charge in [-0.05, 0) is 69.2 Å². The smallest absolute Gasteiger partial charge is 0.266 e. The van der Waals surface area contributed by atoms with Crippen molar-refractivity contribution < 1.29 is 4.79 Å². The number of hydrogen-bond donors (Lipinski definition) is 1. The number of carbonyl (C=O) groups is 1. The van der Waals surface area contributed by atoms with Crippen molar-refractivity contribution in [3.8, 4) is 11.8 Å². The van der Waals surface area contributed by atoms with Gasteiger partial charge in [-0.1, -0.05) is 47.0 Å². The zero-order valence-electron chi connectivity index (χ0n) is 17.2. The van der Waals surface area contributed by atoms with Crippen LogP contribution >= 0.6 is 23.2 Å². The lowest BCUT2D eigenvalue weighted by atomic mass is 10.1. The van der Waals surface area contributed by atoms with Crippen molar-refractivity contribution in [3.05, 3.63) is 86.2 Å². The Morgan fingerprint density at radius 1 is 1.10 bits per heavy atom. The molecule has 0 radical (unpaired) electrons. The number of rotatable bonds is 4. The highest BCUT2D eigenvalue weighted by atomic mass is 35.5. The van der Waals surface area contributed by atoms with Crippen molar-refractivity contribution in [2.75, 3.05) is 5.32 Å². The maximum absolute atomic E-state index is 12.7. The molecule has 0 aliphatic carbocycles. The Hall–Kier alpha value is -3.00. The van der Waals surface area contributed by atoms with Crippen molar-refractivity contribution in [2.45, 2.75) is 27.7 Å². The molecule has 4 nitrogen and oxygen atoms in total. The minimum atomic E-state index is -0.544. The number of hydrogen-bond acceptors (Lipinski definition) is 2. The normalized spacial score (nSPS) is 11.3. The van der Waals surface area contributed by atoms with E-state index in [2.05, 4.69) is 41.9 Å². The van der Waals surface area contributed by atoms with Crippen LogP contribution in [0.25, 0.3) is 11.8 Å². The number of carbonyl (C=O) groups excluding carboxylic acids is 1. The van der Waals surface area contributed by atoms with Crippen molar-refractivity contribution in [2.24, 2.45) is 0 Å². The third-order valence-electron chi connectivity index (χ3n) is 4.93. The van der Waals surface area contributed by atoms with Gasteiger partial charge in [0, 0.05) is 17.1 Å². The standard InChI is InChI=1S/C24H21Cl2N3O/c1-14-8-9-22(15(2)10-14)29-16(3)11-18(17(29)4)12-19(13-27)24(30)28-21-7-5-6-20(25)23(21)26/h5-12H,1-4H3,(H,28,30)/b19-12-. The molecule has 0 bridgehead atoms. The zero-order chi connectivity index (χ0) is 22.0. The molecule has 2 aromatic carbocycles. The third kappa shape index (κ3) is 4.28. The molecule has 1 heterocycles. The Balaban J connectivity index is 1.98. The van der Waals surface area contributed by atoms with Gasteiger partial charge in [0.2, 0.25) is 0 Å². The van der Waals surface area contributed by atoms with Crippen LogP contribution in [0.2, 0.25) is 10.0 Å². The molecule has 0 saturated heterocycles.